The van der Waals surface area contributed by atoms with Gasteiger partial charge in [-0.3, -0.25) is 4.79 Å². The number of benzene rings is 2. The van der Waals surface area contributed by atoms with E-state index < -0.39 is 5.97 Å². The lowest BCUT2D eigenvalue weighted by Gasteiger charge is -2.08. The van der Waals surface area contributed by atoms with Gasteiger partial charge in [-0.25, -0.2) is 4.79 Å². The summed E-state index contributed by atoms with van der Waals surface area (Å²) in [6.07, 6.45) is 1.61. The van der Waals surface area contributed by atoms with Crippen molar-refractivity contribution in [2.45, 2.75) is 0 Å². The lowest BCUT2D eigenvalue weighted by molar-refractivity contribution is 0.0739. The molecular formula is C22H16O6S. The van der Waals surface area contributed by atoms with E-state index >= 15 is 0 Å². The number of ether oxygens (including phenoxy) is 4. The number of hydrogen-bond acceptors (Lipinski definition) is 7. The topological polar surface area (TPSA) is 71.1 Å². The molecule has 29 heavy (non-hydrogen) atoms. The van der Waals surface area contributed by atoms with Crippen LogP contribution in [-0.2, 0) is 0 Å². The predicted octanol–water partition coefficient (Wildman–Crippen LogP) is 4.60. The van der Waals surface area contributed by atoms with Crippen LogP contribution < -0.4 is 18.9 Å². The van der Waals surface area contributed by atoms with E-state index in [1.165, 1.54) is 24.5 Å². The number of methoxy groups -OCH3 is 2. The number of ketones is 1. The van der Waals surface area contributed by atoms with E-state index in [0.717, 1.165) is 0 Å². The number of carbonyl (C=O) groups is 2. The third kappa shape index (κ3) is 3.72. The van der Waals surface area contributed by atoms with Gasteiger partial charge in [0.2, 0.25) is 5.78 Å². The Morgan fingerprint density at radius 3 is 2.59 bits per heavy atom. The van der Waals surface area contributed by atoms with Gasteiger partial charge in [0, 0.05) is 17.7 Å². The van der Waals surface area contributed by atoms with E-state index in [-0.39, 0.29) is 11.5 Å². The van der Waals surface area contributed by atoms with Crippen molar-refractivity contribution >= 4 is 29.2 Å². The number of fused-ring (bicyclic) bond motifs is 1. The summed E-state index contributed by atoms with van der Waals surface area (Å²) in [5.74, 6) is 1.28. The van der Waals surface area contributed by atoms with Gasteiger partial charge in [-0.05, 0) is 41.8 Å². The molecule has 4 rings (SSSR count). The molecule has 2 aromatic carbocycles. The van der Waals surface area contributed by atoms with E-state index in [0.29, 0.717) is 39.0 Å². The summed E-state index contributed by atoms with van der Waals surface area (Å²) in [4.78, 5) is 25.3. The Labute approximate surface area is 170 Å². The molecule has 1 aromatic heterocycles. The first-order valence-electron chi connectivity index (χ1n) is 8.65. The fourth-order valence-electron chi connectivity index (χ4n) is 2.86. The molecule has 0 unspecified atom stereocenters. The smallest absolute Gasteiger partial charge is 0.353 e. The first kappa shape index (κ1) is 18.8. The van der Waals surface area contributed by atoms with Crippen molar-refractivity contribution in [1.29, 1.82) is 0 Å². The second-order valence-electron chi connectivity index (χ2n) is 6.07. The molecule has 0 spiro atoms. The molecule has 0 fully saturated rings. The van der Waals surface area contributed by atoms with Gasteiger partial charge in [0.05, 0.1) is 19.8 Å². The molecule has 0 aliphatic carbocycles. The van der Waals surface area contributed by atoms with Crippen LogP contribution in [0.2, 0.25) is 0 Å². The summed E-state index contributed by atoms with van der Waals surface area (Å²) in [5, 5.41) is 1.80. The number of Topliss-reactive ketones (excluding diaryl/α,β-unsaturated/α-hetero) is 1. The number of thiophene rings is 1. The average Bonchev–Trinajstić information content (AvgIpc) is 3.37. The number of allylic oxidation sites excluding steroid dienone is 1. The molecule has 1 aliphatic rings. The van der Waals surface area contributed by atoms with Crippen molar-refractivity contribution in [3.8, 4) is 23.0 Å². The van der Waals surface area contributed by atoms with Gasteiger partial charge in [-0.2, -0.15) is 0 Å². The lowest BCUT2D eigenvalue weighted by atomic mass is 10.1. The minimum atomic E-state index is -0.456. The minimum Gasteiger partial charge on any atom is -0.497 e. The van der Waals surface area contributed by atoms with Crippen molar-refractivity contribution in [2.75, 3.05) is 14.2 Å². The van der Waals surface area contributed by atoms with Crippen LogP contribution in [0.5, 0.6) is 23.0 Å². The van der Waals surface area contributed by atoms with E-state index in [1.807, 2.05) is 0 Å². The fraction of sp³-hybridized carbons (Fsp3) is 0.0909. The average molecular weight is 408 g/mol. The standard InChI is InChI=1S/C22H16O6S/c1-25-14-6-5-13(17(11-14)26-2)10-19-21(23)16-8-7-15(12-18(16)28-19)27-22(24)20-4-3-9-29-20/h3-12H,1-2H3. The van der Waals surface area contributed by atoms with E-state index in [4.69, 9.17) is 18.9 Å². The number of esters is 1. The minimum absolute atomic E-state index is 0.158. The van der Waals surface area contributed by atoms with Gasteiger partial charge in [0.25, 0.3) is 0 Å². The molecule has 6 nitrogen and oxygen atoms in total. The Bertz CT molecular complexity index is 1110. The van der Waals surface area contributed by atoms with Crippen molar-refractivity contribution in [3.63, 3.8) is 0 Å². The van der Waals surface area contributed by atoms with Crippen LogP contribution in [0.1, 0.15) is 25.6 Å². The van der Waals surface area contributed by atoms with Gasteiger partial charge in [0.1, 0.15) is 27.9 Å². The zero-order valence-electron chi connectivity index (χ0n) is 15.6. The largest absolute Gasteiger partial charge is 0.497 e. The van der Waals surface area contributed by atoms with Crippen molar-refractivity contribution in [1.82, 2.24) is 0 Å². The van der Waals surface area contributed by atoms with Crippen LogP contribution in [0.15, 0.2) is 59.7 Å². The molecule has 1 aliphatic heterocycles. The summed E-state index contributed by atoms with van der Waals surface area (Å²) in [5.41, 5.74) is 1.08. The Balaban J connectivity index is 1.58. The van der Waals surface area contributed by atoms with Gasteiger partial charge in [-0.15, -0.1) is 11.3 Å². The van der Waals surface area contributed by atoms with Gasteiger partial charge in [-0.1, -0.05) is 6.07 Å². The first-order chi connectivity index (χ1) is 14.1. The maximum Gasteiger partial charge on any atom is 0.353 e. The molecule has 0 amide bonds. The lowest BCUT2D eigenvalue weighted by Crippen LogP contribution is -2.06. The molecule has 0 atom stereocenters. The zero-order valence-corrected chi connectivity index (χ0v) is 16.4. The fourth-order valence-corrected chi connectivity index (χ4v) is 3.46. The summed E-state index contributed by atoms with van der Waals surface area (Å²) in [6.45, 7) is 0. The highest BCUT2D eigenvalue weighted by Gasteiger charge is 2.28. The highest BCUT2D eigenvalue weighted by Crippen LogP contribution is 2.36. The Hall–Kier alpha value is -3.58. The Kier molecular flexibility index (Phi) is 5.05. The number of carbonyl (C=O) groups excluding carboxylic acids is 2. The highest BCUT2D eigenvalue weighted by atomic mass is 32.1. The quantitative estimate of drug-likeness (QED) is 0.349. The highest BCUT2D eigenvalue weighted by molar-refractivity contribution is 7.12. The number of rotatable bonds is 5. The maximum absolute atomic E-state index is 12.7. The molecule has 146 valence electrons. The van der Waals surface area contributed by atoms with Crippen LogP contribution >= 0.6 is 11.3 Å². The second kappa shape index (κ2) is 7.81. The van der Waals surface area contributed by atoms with Gasteiger partial charge in [0.15, 0.2) is 5.76 Å². The van der Waals surface area contributed by atoms with Gasteiger partial charge >= 0.3 is 5.97 Å². The first-order valence-corrected chi connectivity index (χ1v) is 9.53. The predicted molar refractivity (Wildman–Crippen MR) is 108 cm³/mol. The van der Waals surface area contributed by atoms with Crippen LogP contribution in [0.4, 0.5) is 0 Å². The molecule has 0 radical (unpaired) electrons. The van der Waals surface area contributed by atoms with E-state index in [1.54, 1.807) is 61.0 Å². The normalized spacial score (nSPS) is 13.7. The monoisotopic (exact) mass is 408 g/mol. The third-order valence-electron chi connectivity index (χ3n) is 4.30. The Morgan fingerprint density at radius 1 is 1.03 bits per heavy atom. The molecule has 3 aromatic rings. The molecule has 0 bridgehead atoms. The molecule has 2 heterocycles. The van der Waals surface area contributed by atoms with Crippen LogP contribution in [-0.4, -0.2) is 26.0 Å². The van der Waals surface area contributed by atoms with Crippen molar-refractivity contribution in [3.05, 3.63) is 75.7 Å². The van der Waals surface area contributed by atoms with Crippen molar-refractivity contribution in [2.24, 2.45) is 0 Å². The molecule has 0 saturated carbocycles. The summed E-state index contributed by atoms with van der Waals surface area (Å²) in [7, 11) is 3.10. The van der Waals surface area contributed by atoms with Gasteiger partial charge < -0.3 is 18.9 Å². The SMILES string of the molecule is COc1ccc(C=C2Oc3cc(OC(=O)c4cccs4)ccc3C2=O)c(OC)c1. The number of hydrogen-bond donors (Lipinski definition) is 0. The third-order valence-corrected chi connectivity index (χ3v) is 5.15. The second-order valence-corrected chi connectivity index (χ2v) is 7.02. The summed E-state index contributed by atoms with van der Waals surface area (Å²) < 4.78 is 21.6. The molecular weight excluding hydrogens is 392 g/mol. The van der Waals surface area contributed by atoms with E-state index in [9.17, 15) is 9.59 Å². The molecule has 0 N–H and O–H groups in total. The zero-order chi connectivity index (χ0) is 20.4. The van der Waals surface area contributed by atoms with E-state index in [2.05, 4.69) is 0 Å². The van der Waals surface area contributed by atoms with Crippen LogP contribution in [0, 0.1) is 0 Å². The van der Waals surface area contributed by atoms with Crippen molar-refractivity contribution < 1.29 is 28.5 Å². The summed E-state index contributed by atoms with van der Waals surface area (Å²) >= 11 is 1.29. The van der Waals surface area contributed by atoms with Crippen LogP contribution in [0.25, 0.3) is 6.08 Å². The molecule has 0 saturated heterocycles. The molecule has 7 heteroatoms. The maximum atomic E-state index is 12.7. The summed E-state index contributed by atoms with van der Waals surface area (Å²) in [6, 6.07) is 13.4. The van der Waals surface area contributed by atoms with Crippen LogP contribution in [0.3, 0.4) is 0 Å². The Morgan fingerprint density at radius 2 is 1.86 bits per heavy atom.